The van der Waals surface area contributed by atoms with E-state index in [0.717, 1.165) is 78.0 Å². The van der Waals surface area contributed by atoms with Crippen LogP contribution < -0.4 is 0 Å². The van der Waals surface area contributed by atoms with Gasteiger partial charge >= 0.3 is 5.97 Å². The van der Waals surface area contributed by atoms with Gasteiger partial charge in [-0.3, -0.25) is 0 Å². The molecule has 0 N–H and O–H groups in total. The highest BCUT2D eigenvalue weighted by atomic mass is 16.5. The van der Waals surface area contributed by atoms with Crippen molar-refractivity contribution in [2.45, 2.75) is 112 Å². The minimum Gasteiger partial charge on any atom is -0.458 e. The number of nitrogens with zero attached hydrogens (tertiary/aromatic N) is 2. The van der Waals surface area contributed by atoms with E-state index in [0.29, 0.717) is 5.56 Å². The molecule has 4 aliphatic carbocycles. The Labute approximate surface area is 272 Å². The van der Waals surface area contributed by atoms with Gasteiger partial charge in [0, 0.05) is 6.42 Å². The predicted octanol–water partition coefficient (Wildman–Crippen LogP) is 11.8. The molecule has 45 heavy (non-hydrogen) atoms. The van der Waals surface area contributed by atoms with Crippen molar-refractivity contribution in [1.82, 2.24) is 0 Å². The zero-order valence-electron chi connectivity index (χ0n) is 28.7. The number of allylic oxidation sites excluding steroid dienone is 1. The second kappa shape index (κ2) is 13.5. The molecule has 4 nitrogen and oxygen atoms in total. The molecule has 2 aromatic carbocycles. The molecule has 9 unspecified atom stereocenters. The molecule has 3 fully saturated rings. The van der Waals surface area contributed by atoms with Crippen LogP contribution >= 0.6 is 0 Å². The Morgan fingerprint density at radius 1 is 0.933 bits per heavy atom. The van der Waals surface area contributed by atoms with E-state index in [9.17, 15) is 4.79 Å². The standard InChI is InChI=1S/C41H56N2O2/c1-26(2)8-7-9-28(4)35-20-21-37-36-19-14-31-25-34(22-23-41(31,6)38(36)24-29(5)39(35)37)45-40(44)30-12-17-33(18-13-30)43-42-32-15-10-27(3)11-16-32/h10-18,26,28-29,34-39H,7-9,19-25H2,1-6H3. The van der Waals surface area contributed by atoms with Crippen LogP contribution in [0.15, 0.2) is 70.4 Å². The minimum atomic E-state index is -0.228. The molecule has 0 heterocycles. The van der Waals surface area contributed by atoms with E-state index in [-0.39, 0.29) is 17.5 Å². The number of ether oxygens (including phenoxy) is 1. The maximum absolute atomic E-state index is 13.2. The summed E-state index contributed by atoms with van der Waals surface area (Å²) in [6.45, 7) is 14.5. The summed E-state index contributed by atoms with van der Waals surface area (Å²) in [5.41, 5.74) is 5.14. The maximum Gasteiger partial charge on any atom is 0.338 e. The van der Waals surface area contributed by atoms with Crippen molar-refractivity contribution in [2.24, 2.45) is 63.0 Å². The third-order valence-electron chi connectivity index (χ3n) is 12.7. The Morgan fingerprint density at radius 2 is 1.62 bits per heavy atom. The zero-order chi connectivity index (χ0) is 31.7. The molecule has 4 heteroatoms. The number of azo groups is 1. The third kappa shape index (κ3) is 6.86. The molecule has 0 aliphatic heterocycles. The molecular weight excluding hydrogens is 552 g/mol. The monoisotopic (exact) mass is 608 g/mol. The summed E-state index contributed by atoms with van der Waals surface area (Å²) >= 11 is 0. The number of hydrogen-bond acceptors (Lipinski definition) is 4. The first-order chi connectivity index (χ1) is 21.6. The SMILES string of the molecule is Cc1ccc(N=Nc2ccc(C(=O)OC3CCC4(C)C(=CCC5C6CCC(C(C)CCCC(C)C)C6C(C)CC54)C3)cc2)cc1. The van der Waals surface area contributed by atoms with Crippen LogP contribution in [0.2, 0.25) is 0 Å². The van der Waals surface area contributed by atoms with Crippen molar-refractivity contribution in [3.8, 4) is 0 Å². The molecule has 3 saturated carbocycles. The van der Waals surface area contributed by atoms with Gasteiger partial charge in [-0.1, -0.05) is 83.2 Å². The molecule has 0 bridgehead atoms. The lowest BCUT2D eigenvalue weighted by Gasteiger charge is -2.57. The van der Waals surface area contributed by atoms with Gasteiger partial charge in [-0.15, -0.1) is 0 Å². The van der Waals surface area contributed by atoms with Gasteiger partial charge in [-0.2, -0.15) is 10.2 Å². The van der Waals surface area contributed by atoms with Gasteiger partial charge in [0.1, 0.15) is 6.10 Å². The van der Waals surface area contributed by atoms with Crippen LogP contribution in [-0.4, -0.2) is 12.1 Å². The molecular formula is C41H56N2O2. The number of fused-ring (bicyclic) bond motifs is 5. The normalized spacial score (nSPS) is 33.3. The minimum absolute atomic E-state index is 0.0365. The molecule has 0 spiro atoms. The summed E-state index contributed by atoms with van der Waals surface area (Å²) in [5, 5.41) is 8.64. The highest BCUT2D eigenvalue weighted by Crippen LogP contribution is 2.64. The Morgan fingerprint density at radius 3 is 2.31 bits per heavy atom. The summed E-state index contributed by atoms with van der Waals surface area (Å²) in [4.78, 5) is 13.2. The lowest BCUT2D eigenvalue weighted by Crippen LogP contribution is -2.50. The predicted molar refractivity (Wildman–Crippen MR) is 184 cm³/mol. The number of aryl methyl sites for hydroxylation is 1. The smallest absolute Gasteiger partial charge is 0.338 e. The Hall–Kier alpha value is -2.75. The van der Waals surface area contributed by atoms with Gasteiger partial charge in [0.05, 0.1) is 16.9 Å². The molecule has 0 amide bonds. The average molecular weight is 609 g/mol. The Bertz CT molecular complexity index is 1380. The van der Waals surface area contributed by atoms with Crippen molar-refractivity contribution >= 4 is 17.3 Å². The highest BCUT2D eigenvalue weighted by molar-refractivity contribution is 5.89. The highest BCUT2D eigenvalue weighted by Gasteiger charge is 2.56. The lowest BCUT2D eigenvalue weighted by molar-refractivity contribution is -0.0446. The van der Waals surface area contributed by atoms with Gasteiger partial charge in [0.2, 0.25) is 0 Å². The number of carbonyl (C=O) groups excluding carboxylic acids is 1. The molecule has 6 rings (SSSR count). The van der Waals surface area contributed by atoms with E-state index < -0.39 is 0 Å². The quantitative estimate of drug-likeness (QED) is 0.161. The van der Waals surface area contributed by atoms with Gasteiger partial charge < -0.3 is 4.74 Å². The third-order valence-corrected chi connectivity index (χ3v) is 12.7. The first-order valence-corrected chi connectivity index (χ1v) is 18.1. The van der Waals surface area contributed by atoms with Gasteiger partial charge in [-0.05, 0) is 135 Å². The largest absolute Gasteiger partial charge is 0.458 e. The number of esters is 1. The first kappa shape index (κ1) is 32.2. The fourth-order valence-electron chi connectivity index (χ4n) is 10.2. The summed E-state index contributed by atoms with van der Waals surface area (Å²) in [6.07, 6.45) is 15.3. The van der Waals surface area contributed by atoms with Crippen molar-refractivity contribution in [3.63, 3.8) is 0 Å². The first-order valence-electron chi connectivity index (χ1n) is 18.1. The van der Waals surface area contributed by atoms with Crippen LogP contribution in [0.1, 0.15) is 115 Å². The van der Waals surface area contributed by atoms with Gasteiger partial charge in [-0.25, -0.2) is 4.79 Å². The lowest BCUT2D eigenvalue weighted by atomic mass is 9.48. The molecule has 4 aliphatic rings. The molecule has 0 saturated heterocycles. The van der Waals surface area contributed by atoms with E-state index in [1.54, 1.807) is 5.57 Å². The van der Waals surface area contributed by atoms with Gasteiger partial charge in [0.15, 0.2) is 0 Å². The molecule has 2 aromatic rings. The van der Waals surface area contributed by atoms with Crippen LogP contribution in [0.3, 0.4) is 0 Å². The summed E-state index contributed by atoms with van der Waals surface area (Å²) < 4.78 is 6.13. The summed E-state index contributed by atoms with van der Waals surface area (Å²) in [5.74, 6) is 6.66. The zero-order valence-corrected chi connectivity index (χ0v) is 28.7. The molecule has 9 atom stereocenters. The van der Waals surface area contributed by atoms with E-state index >= 15 is 0 Å². The number of rotatable bonds is 9. The van der Waals surface area contributed by atoms with E-state index in [2.05, 4.69) is 57.8 Å². The van der Waals surface area contributed by atoms with Gasteiger partial charge in [0.25, 0.3) is 0 Å². The van der Waals surface area contributed by atoms with E-state index in [4.69, 9.17) is 4.74 Å². The van der Waals surface area contributed by atoms with Crippen LogP contribution in [-0.2, 0) is 4.74 Å². The fraction of sp³-hybridized carbons (Fsp3) is 0.634. The van der Waals surface area contributed by atoms with Crippen LogP contribution in [0.4, 0.5) is 11.4 Å². The van der Waals surface area contributed by atoms with Crippen LogP contribution in [0.25, 0.3) is 0 Å². The van der Waals surface area contributed by atoms with Crippen molar-refractivity contribution in [1.29, 1.82) is 0 Å². The number of benzene rings is 2. The summed E-state index contributed by atoms with van der Waals surface area (Å²) in [6, 6.07) is 15.3. The van der Waals surface area contributed by atoms with E-state index in [1.807, 2.05) is 48.5 Å². The van der Waals surface area contributed by atoms with Crippen molar-refractivity contribution < 1.29 is 9.53 Å². The molecule has 242 valence electrons. The maximum atomic E-state index is 13.2. The topological polar surface area (TPSA) is 51.0 Å². The Kier molecular flexibility index (Phi) is 9.69. The summed E-state index contributed by atoms with van der Waals surface area (Å²) in [7, 11) is 0. The fourth-order valence-corrected chi connectivity index (χ4v) is 10.2. The number of carbonyl (C=O) groups is 1. The van der Waals surface area contributed by atoms with Crippen molar-refractivity contribution in [2.75, 3.05) is 0 Å². The van der Waals surface area contributed by atoms with Crippen LogP contribution in [0, 0.1) is 59.7 Å². The average Bonchev–Trinajstić information content (AvgIpc) is 3.48. The van der Waals surface area contributed by atoms with Crippen LogP contribution in [0.5, 0.6) is 0 Å². The Balaban J connectivity index is 1.06. The van der Waals surface area contributed by atoms with Crippen molar-refractivity contribution in [3.05, 3.63) is 71.3 Å². The second-order valence-electron chi connectivity index (χ2n) is 16.0. The van der Waals surface area contributed by atoms with E-state index in [1.165, 1.54) is 50.5 Å². The number of hydrogen-bond donors (Lipinski definition) is 0. The molecule has 0 aromatic heterocycles. The molecule has 0 radical (unpaired) electrons. The second-order valence-corrected chi connectivity index (χ2v) is 16.0.